The summed E-state index contributed by atoms with van der Waals surface area (Å²) in [5, 5.41) is 0. The van der Waals surface area contributed by atoms with Crippen molar-refractivity contribution in [1.29, 1.82) is 0 Å². The lowest BCUT2D eigenvalue weighted by molar-refractivity contribution is -0.203. The van der Waals surface area contributed by atoms with Crippen molar-refractivity contribution in [2.24, 2.45) is 5.92 Å². The first-order chi connectivity index (χ1) is 14.2. The van der Waals surface area contributed by atoms with Gasteiger partial charge in [0.2, 0.25) is 11.8 Å². The Labute approximate surface area is 174 Å². The Morgan fingerprint density at radius 1 is 1.00 bits per heavy atom. The molecule has 3 saturated heterocycles. The summed E-state index contributed by atoms with van der Waals surface area (Å²) in [6.07, 6.45) is 13.4. The SMILES string of the molecule is O=C(CN1CCCC1=O)N1CCC(N2CC(OCC3CC3)C23CCCCC3)CC1. The summed E-state index contributed by atoms with van der Waals surface area (Å²) in [5.74, 6) is 1.12. The third-order valence-corrected chi connectivity index (χ3v) is 8.24. The van der Waals surface area contributed by atoms with Crippen LogP contribution in [0, 0.1) is 5.92 Å². The highest BCUT2D eigenvalue weighted by Crippen LogP contribution is 2.48. The topological polar surface area (TPSA) is 53.1 Å². The average molecular weight is 404 g/mol. The summed E-state index contributed by atoms with van der Waals surface area (Å²) in [6.45, 7) is 4.78. The van der Waals surface area contributed by atoms with Gasteiger partial charge in [-0.3, -0.25) is 14.5 Å². The highest BCUT2D eigenvalue weighted by atomic mass is 16.5. The molecule has 1 spiro atoms. The van der Waals surface area contributed by atoms with Gasteiger partial charge >= 0.3 is 0 Å². The minimum absolute atomic E-state index is 0.139. The minimum atomic E-state index is 0.139. The molecule has 2 saturated carbocycles. The van der Waals surface area contributed by atoms with Crippen molar-refractivity contribution in [1.82, 2.24) is 14.7 Å². The molecule has 1 atom stereocenters. The highest BCUT2D eigenvalue weighted by Gasteiger charge is 2.56. The number of nitrogens with zero attached hydrogens (tertiary/aromatic N) is 3. The second-order valence-electron chi connectivity index (χ2n) is 10.1. The molecule has 3 heterocycles. The lowest BCUT2D eigenvalue weighted by atomic mass is 9.69. The van der Waals surface area contributed by atoms with Crippen molar-refractivity contribution in [2.45, 2.75) is 88.3 Å². The zero-order valence-electron chi connectivity index (χ0n) is 17.8. The lowest BCUT2D eigenvalue weighted by Crippen LogP contribution is -2.75. The van der Waals surface area contributed by atoms with Gasteiger partial charge in [-0.2, -0.15) is 0 Å². The van der Waals surface area contributed by atoms with E-state index < -0.39 is 0 Å². The van der Waals surface area contributed by atoms with Crippen LogP contribution in [0.4, 0.5) is 0 Å². The fourth-order valence-corrected chi connectivity index (χ4v) is 6.19. The van der Waals surface area contributed by atoms with Crippen LogP contribution in [0.5, 0.6) is 0 Å². The molecule has 6 nitrogen and oxygen atoms in total. The molecule has 0 radical (unpaired) electrons. The zero-order valence-corrected chi connectivity index (χ0v) is 17.8. The van der Waals surface area contributed by atoms with Crippen LogP contribution >= 0.6 is 0 Å². The summed E-state index contributed by atoms with van der Waals surface area (Å²) >= 11 is 0. The predicted octanol–water partition coefficient (Wildman–Crippen LogP) is 2.41. The van der Waals surface area contributed by atoms with Crippen LogP contribution in [0.15, 0.2) is 0 Å². The fraction of sp³-hybridized carbons (Fsp3) is 0.913. The van der Waals surface area contributed by atoms with E-state index in [1.54, 1.807) is 4.90 Å². The standard InChI is InChI=1S/C23H37N3O3/c27-21-5-4-12-25(21)16-22(28)24-13-8-19(9-14-24)26-15-20(29-17-18-6-7-18)23(26)10-2-1-3-11-23/h18-20H,1-17H2. The van der Waals surface area contributed by atoms with E-state index in [9.17, 15) is 9.59 Å². The van der Waals surface area contributed by atoms with Crippen molar-refractivity contribution >= 4 is 11.8 Å². The first-order valence-electron chi connectivity index (χ1n) is 12.1. The van der Waals surface area contributed by atoms with Crippen LogP contribution in [-0.4, -0.2) is 83.5 Å². The number of likely N-dealkylation sites (tertiary alicyclic amines) is 3. The molecule has 0 N–H and O–H groups in total. The maximum absolute atomic E-state index is 12.7. The second-order valence-corrected chi connectivity index (χ2v) is 10.1. The first-order valence-corrected chi connectivity index (χ1v) is 12.1. The van der Waals surface area contributed by atoms with E-state index in [0.717, 1.165) is 58.0 Å². The molecule has 5 rings (SSSR count). The Morgan fingerprint density at radius 2 is 1.76 bits per heavy atom. The van der Waals surface area contributed by atoms with E-state index in [-0.39, 0.29) is 23.9 Å². The first kappa shape index (κ1) is 19.8. The second kappa shape index (κ2) is 8.18. The maximum atomic E-state index is 12.7. The van der Waals surface area contributed by atoms with Crippen LogP contribution in [0.25, 0.3) is 0 Å². The molecule has 29 heavy (non-hydrogen) atoms. The van der Waals surface area contributed by atoms with Crippen molar-refractivity contribution in [3.63, 3.8) is 0 Å². The molecule has 1 unspecified atom stereocenters. The molecule has 0 aromatic heterocycles. The van der Waals surface area contributed by atoms with Crippen LogP contribution in [-0.2, 0) is 14.3 Å². The van der Waals surface area contributed by atoms with Gasteiger partial charge in [0, 0.05) is 50.8 Å². The van der Waals surface area contributed by atoms with E-state index in [2.05, 4.69) is 4.90 Å². The number of hydrogen-bond donors (Lipinski definition) is 0. The van der Waals surface area contributed by atoms with E-state index >= 15 is 0 Å². The van der Waals surface area contributed by atoms with Crippen molar-refractivity contribution < 1.29 is 14.3 Å². The third kappa shape index (κ3) is 3.95. The third-order valence-electron chi connectivity index (χ3n) is 8.24. The smallest absolute Gasteiger partial charge is 0.242 e. The Morgan fingerprint density at radius 3 is 2.41 bits per heavy atom. The van der Waals surface area contributed by atoms with Crippen LogP contribution < -0.4 is 0 Å². The summed E-state index contributed by atoms with van der Waals surface area (Å²) in [5.41, 5.74) is 0.284. The lowest BCUT2D eigenvalue weighted by Gasteiger charge is -2.63. The van der Waals surface area contributed by atoms with E-state index in [1.807, 2.05) is 4.90 Å². The number of ether oxygens (including phenoxy) is 1. The van der Waals surface area contributed by atoms with Gasteiger partial charge in [0.15, 0.2) is 0 Å². The van der Waals surface area contributed by atoms with E-state index in [0.29, 0.717) is 18.6 Å². The van der Waals surface area contributed by atoms with E-state index in [1.165, 1.54) is 44.9 Å². The molecule has 5 aliphatic rings. The summed E-state index contributed by atoms with van der Waals surface area (Å²) in [6, 6.07) is 0.589. The molecular formula is C23H37N3O3. The maximum Gasteiger partial charge on any atom is 0.242 e. The average Bonchev–Trinajstić information content (AvgIpc) is 3.49. The summed E-state index contributed by atoms with van der Waals surface area (Å²) in [4.78, 5) is 31.0. The molecule has 0 bridgehead atoms. The quantitative estimate of drug-likeness (QED) is 0.683. The molecule has 2 amide bonds. The number of hydrogen-bond acceptors (Lipinski definition) is 4. The monoisotopic (exact) mass is 403 g/mol. The Bertz CT molecular complexity index is 621. The van der Waals surface area contributed by atoms with Crippen molar-refractivity contribution in [3.05, 3.63) is 0 Å². The van der Waals surface area contributed by atoms with Gasteiger partial charge < -0.3 is 14.5 Å². The number of rotatable bonds is 6. The van der Waals surface area contributed by atoms with Gasteiger partial charge in [0.1, 0.15) is 0 Å². The molecule has 6 heteroatoms. The molecule has 162 valence electrons. The number of piperidine rings is 1. The van der Waals surface area contributed by atoms with Crippen LogP contribution in [0.1, 0.15) is 70.6 Å². The largest absolute Gasteiger partial charge is 0.375 e. The Balaban J connectivity index is 1.14. The van der Waals surface area contributed by atoms with Gasteiger partial charge in [0.05, 0.1) is 12.6 Å². The number of carbonyl (C=O) groups is 2. The van der Waals surface area contributed by atoms with Gasteiger partial charge in [0.25, 0.3) is 0 Å². The van der Waals surface area contributed by atoms with Gasteiger partial charge in [-0.1, -0.05) is 19.3 Å². The van der Waals surface area contributed by atoms with Gasteiger partial charge in [-0.25, -0.2) is 0 Å². The van der Waals surface area contributed by atoms with Crippen LogP contribution in [0.3, 0.4) is 0 Å². The predicted molar refractivity (Wildman–Crippen MR) is 110 cm³/mol. The van der Waals surface area contributed by atoms with Crippen LogP contribution in [0.2, 0.25) is 0 Å². The summed E-state index contributed by atoms with van der Waals surface area (Å²) in [7, 11) is 0. The molecule has 0 aromatic carbocycles. The number of amides is 2. The highest BCUT2D eigenvalue weighted by molar-refractivity contribution is 5.85. The normalized spacial score (nSPS) is 30.8. The molecule has 2 aliphatic carbocycles. The van der Waals surface area contributed by atoms with Gasteiger partial charge in [-0.15, -0.1) is 0 Å². The molecular weight excluding hydrogens is 366 g/mol. The van der Waals surface area contributed by atoms with Gasteiger partial charge in [-0.05, 0) is 50.9 Å². The minimum Gasteiger partial charge on any atom is -0.375 e. The zero-order chi connectivity index (χ0) is 19.8. The summed E-state index contributed by atoms with van der Waals surface area (Å²) < 4.78 is 6.42. The van der Waals surface area contributed by atoms with Crippen molar-refractivity contribution in [3.8, 4) is 0 Å². The number of carbonyl (C=O) groups excluding carboxylic acids is 2. The molecule has 0 aromatic rings. The van der Waals surface area contributed by atoms with Crippen molar-refractivity contribution in [2.75, 3.05) is 39.3 Å². The molecule has 3 aliphatic heterocycles. The molecule has 5 fully saturated rings. The Kier molecular flexibility index (Phi) is 5.59. The fourth-order valence-electron chi connectivity index (χ4n) is 6.19. The van der Waals surface area contributed by atoms with E-state index in [4.69, 9.17) is 4.74 Å². The Hall–Kier alpha value is -1.14.